The molecule has 7 heteroatoms. The van der Waals surface area contributed by atoms with Crippen LogP contribution in [-0.4, -0.2) is 32.8 Å². The third-order valence-corrected chi connectivity index (χ3v) is 2.30. The summed E-state index contributed by atoms with van der Waals surface area (Å²) in [5.74, 6) is 0.393. The lowest BCUT2D eigenvalue weighted by molar-refractivity contribution is -0.00754. The first kappa shape index (κ1) is 12.6. The standard InChI is InChI=1S/C11H11F2N3O2/c12-11(13)8(17)6-10-15-9(16-18-10)5-7-1-3-14-4-2-7/h1-4,8,11,17H,5-6H2. The van der Waals surface area contributed by atoms with E-state index in [1.165, 1.54) is 0 Å². The van der Waals surface area contributed by atoms with E-state index in [9.17, 15) is 8.78 Å². The Balaban J connectivity index is 1.98. The minimum absolute atomic E-state index is 0.00635. The molecule has 1 unspecified atom stereocenters. The van der Waals surface area contributed by atoms with Crippen LogP contribution in [0.2, 0.25) is 0 Å². The van der Waals surface area contributed by atoms with Crippen LogP contribution in [0.25, 0.3) is 0 Å². The third-order valence-electron chi connectivity index (χ3n) is 2.30. The van der Waals surface area contributed by atoms with Gasteiger partial charge in [0.2, 0.25) is 5.89 Å². The zero-order valence-corrected chi connectivity index (χ0v) is 9.33. The average Bonchev–Trinajstić information content (AvgIpc) is 2.77. The van der Waals surface area contributed by atoms with Crippen LogP contribution in [0.4, 0.5) is 8.78 Å². The first-order valence-electron chi connectivity index (χ1n) is 5.31. The van der Waals surface area contributed by atoms with E-state index in [4.69, 9.17) is 9.63 Å². The molecule has 0 aliphatic heterocycles. The molecule has 0 radical (unpaired) electrons. The summed E-state index contributed by atoms with van der Waals surface area (Å²) in [7, 11) is 0. The second-order valence-electron chi connectivity index (χ2n) is 3.74. The third kappa shape index (κ3) is 3.30. The second kappa shape index (κ2) is 5.63. The van der Waals surface area contributed by atoms with Gasteiger partial charge in [-0.05, 0) is 17.7 Å². The van der Waals surface area contributed by atoms with Gasteiger partial charge in [0.15, 0.2) is 5.82 Å². The summed E-state index contributed by atoms with van der Waals surface area (Å²) in [4.78, 5) is 7.81. The van der Waals surface area contributed by atoms with Gasteiger partial charge in [-0.3, -0.25) is 4.98 Å². The number of nitrogens with zero attached hydrogens (tertiary/aromatic N) is 3. The van der Waals surface area contributed by atoms with Crippen LogP contribution in [0.15, 0.2) is 29.0 Å². The number of pyridine rings is 1. The Bertz CT molecular complexity index is 490. The van der Waals surface area contributed by atoms with Crippen LogP contribution < -0.4 is 0 Å². The van der Waals surface area contributed by atoms with Crippen molar-refractivity contribution in [1.82, 2.24) is 15.1 Å². The fraction of sp³-hybridized carbons (Fsp3) is 0.364. The molecular formula is C11H11F2N3O2. The van der Waals surface area contributed by atoms with E-state index in [0.717, 1.165) is 5.56 Å². The Labute approximate surface area is 101 Å². The number of hydrogen-bond acceptors (Lipinski definition) is 5. The SMILES string of the molecule is OC(Cc1nc(Cc2ccncc2)no1)C(F)F. The molecule has 0 aliphatic carbocycles. The number of aliphatic hydroxyl groups is 1. The molecule has 96 valence electrons. The number of aliphatic hydroxyl groups excluding tert-OH is 1. The van der Waals surface area contributed by atoms with Crippen LogP contribution in [0.1, 0.15) is 17.3 Å². The second-order valence-corrected chi connectivity index (χ2v) is 3.74. The Kier molecular flexibility index (Phi) is 3.93. The van der Waals surface area contributed by atoms with E-state index in [-0.39, 0.29) is 12.3 Å². The molecule has 0 bridgehead atoms. The van der Waals surface area contributed by atoms with E-state index < -0.39 is 12.5 Å². The van der Waals surface area contributed by atoms with Gasteiger partial charge in [-0.1, -0.05) is 5.16 Å². The lowest BCUT2D eigenvalue weighted by Gasteiger charge is -2.04. The van der Waals surface area contributed by atoms with E-state index >= 15 is 0 Å². The van der Waals surface area contributed by atoms with Crippen molar-refractivity contribution in [2.24, 2.45) is 0 Å². The quantitative estimate of drug-likeness (QED) is 0.869. The highest BCUT2D eigenvalue weighted by atomic mass is 19.3. The summed E-state index contributed by atoms with van der Waals surface area (Å²) < 4.78 is 29.0. The van der Waals surface area contributed by atoms with Gasteiger partial charge >= 0.3 is 0 Å². The van der Waals surface area contributed by atoms with E-state index in [0.29, 0.717) is 12.2 Å². The minimum atomic E-state index is -2.82. The average molecular weight is 255 g/mol. The fourth-order valence-electron chi connectivity index (χ4n) is 1.40. The van der Waals surface area contributed by atoms with E-state index in [1.807, 2.05) is 0 Å². The highest BCUT2D eigenvalue weighted by molar-refractivity contribution is 5.14. The summed E-state index contributed by atoms with van der Waals surface area (Å²) in [6.45, 7) is 0. The fourth-order valence-corrected chi connectivity index (χ4v) is 1.40. The first-order chi connectivity index (χ1) is 8.65. The van der Waals surface area contributed by atoms with Crippen molar-refractivity contribution >= 4 is 0 Å². The Hall–Kier alpha value is -1.89. The Morgan fingerprint density at radius 3 is 2.67 bits per heavy atom. The maximum absolute atomic E-state index is 12.1. The topological polar surface area (TPSA) is 72.0 Å². The van der Waals surface area contributed by atoms with Crippen molar-refractivity contribution in [3.8, 4) is 0 Å². The molecule has 1 atom stereocenters. The molecule has 0 saturated carbocycles. The van der Waals surface area contributed by atoms with Crippen molar-refractivity contribution in [1.29, 1.82) is 0 Å². The Morgan fingerprint density at radius 1 is 1.28 bits per heavy atom. The number of aromatic nitrogens is 3. The summed E-state index contributed by atoms with van der Waals surface area (Å²) >= 11 is 0. The maximum atomic E-state index is 12.1. The zero-order chi connectivity index (χ0) is 13.0. The molecule has 5 nitrogen and oxygen atoms in total. The molecule has 2 aromatic heterocycles. The molecule has 0 aliphatic rings. The van der Waals surface area contributed by atoms with Crippen LogP contribution in [0.3, 0.4) is 0 Å². The lowest BCUT2D eigenvalue weighted by Crippen LogP contribution is -2.20. The Morgan fingerprint density at radius 2 is 2.00 bits per heavy atom. The van der Waals surface area contributed by atoms with Crippen molar-refractivity contribution in [2.45, 2.75) is 25.4 Å². The van der Waals surface area contributed by atoms with Gasteiger partial charge in [-0.25, -0.2) is 8.78 Å². The summed E-state index contributed by atoms with van der Waals surface area (Å²) in [5, 5.41) is 12.7. The smallest absolute Gasteiger partial charge is 0.264 e. The predicted octanol–water partition coefficient (Wildman–Crippen LogP) is 1.22. The molecule has 18 heavy (non-hydrogen) atoms. The van der Waals surface area contributed by atoms with Gasteiger partial charge in [0.05, 0.1) is 6.42 Å². The largest absolute Gasteiger partial charge is 0.387 e. The maximum Gasteiger partial charge on any atom is 0.264 e. The molecular weight excluding hydrogens is 244 g/mol. The summed E-state index contributed by atoms with van der Waals surface area (Å²) in [6.07, 6.45) is -1.24. The predicted molar refractivity (Wildman–Crippen MR) is 57.1 cm³/mol. The zero-order valence-electron chi connectivity index (χ0n) is 9.33. The van der Waals surface area contributed by atoms with Gasteiger partial charge in [-0.15, -0.1) is 0 Å². The van der Waals surface area contributed by atoms with Gasteiger partial charge in [0, 0.05) is 18.8 Å². The molecule has 0 spiro atoms. The molecule has 0 aromatic carbocycles. The number of alkyl halides is 2. The molecule has 2 aromatic rings. The first-order valence-corrected chi connectivity index (χ1v) is 5.31. The minimum Gasteiger partial charge on any atom is -0.387 e. The van der Waals surface area contributed by atoms with Crippen LogP contribution in [0, 0.1) is 0 Å². The molecule has 0 amide bonds. The normalized spacial score (nSPS) is 12.9. The molecule has 2 heterocycles. The number of halogens is 2. The summed E-state index contributed by atoms with van der Waals surface area (Å²) in [5.41, 5.74) is 0.937. The van der Waals surface area contributed by atoms with Crippen LogP contribution in [0.5, 0.6) is 0 Å². The molecule has 1 N–H and O–H groups in total. The molecule has 0 saturated heterocycles. The van der Waals surface area contributed by atoms with Crippen molar-refractivity contribution < 1.29 is 18.4 Å². The van der Waals surface area contributed by atoms with Crippen LogP contribution in [-0.2, 0) is 12.8 Å². The summed E-state index contributed by atoms with van der Waals surface area (Å²) in [6, 6.07) is 3.59. The van der Waals surface area contributed by atoms with Crippen molar-refractivity contribution in [2.75, 3.05) is 0 Å². The number of rotatable bonds is 5. The van der Waals surface area contributed by atoms with Gasteiger partial charge < -0.3 is 9.63 Å². The lowest BCUT2D eigenvalue weighted by atomic mass is 10.2. The highest BCUT2D eigenvalue weighted by Gasteiger charge is 2.20. The van der Waals surface area contributed by atoms with Crippen molar-refractivity contribution in [3.63, 3.8) is 0 Å². The van der Waals surface area contributed by atoms with Crippen LogP contribution >= 0.6 is 0 Å². The van der Waals surface area contributed by atoms with Gasteiger partial charge in [0.1, 0.15) is 6.10 Å². The highest BCUT2D eigenvalue weighted by Crippen LogP contribution is 2.10. The van der Waals surface area contributed by atoms with Crippen molar-refractivity contribution in [3.05, 3.63) is 41.8 Å². The van der Waals surface area contributed by atoms with Gasteiger partial charge in [0.25, 0.3) is 6.43 Å². The van der Waals surface area contributed by atoms with E-state index in [1.54, 1.807) is 24.5 Å². The molecule has 0 fully saturated rings. The number of hydrogen-bond donors (Lipinski definition) is 1. The van der Waals surface area contributed by atoms with E-state index in [2.05, 4.69) is 15.1 Å². The van der Waals surface area contributed by atoms with Gasteiger partial charge in [-0.2, -0.15) is 4.98 Å². The molecule has 2 rings (SSSR count). The monoisotopic (exact) mass is 255 g/mol.